The van der Waals surface area contributed by atoms with Crippen LogP contribution in [0.25, 0.3) is 0 Å². The molecule has 0 saturated heterocycles. The molecule has 144 valence electrons. The summed E-state index contributed by atoms with van der Waals surface area (Å²) in [5.74, 6) is -0.250. The number of aryl methyl sites for hydroxylation is 1. The summed E-state index contributed by atoms with van der Waals surface area (Å²) in [4.78, 5) is 24.1. The van der Waals surface area contributed by atoms with E-state index in [1.807, 2.05) is 18.6 Å². The van der Waals surface area contributed by atoms with Crippen LogP contribution in [0.2, 0.25) is 0 Å². The number of anilines is 1. The molecule has 0 radical (unpaired) electrons. The predicted octanol–water partition coefficient (Wildman–Crippen LogP) is 3.04. The summed E-state index contributed by atoms with van der Waals surface area (Å²) < 4.78 is 26.4. The zero-order valence-electron chi connectivity index (χ0n) is 15.3. The fourth-order valence-corrected chi connectivity index (χ4v) is 3.18. The predicted molar refractivity (Wildman–Crippen MR) is 104 cm³/mol. The van der Waals surface area contributed by atoms with Gasteiger partial charge < -0.3 is 10.6 Å². The topological polar surface area (TPSA) is 104 Å². The molecule has 0 fully saturated rings. The van der Waals surface area contributed by atoms with Crippen molar-refractivity contribution >= 4 is 27.6 Å². The summed E-state index contributed by atoms with van der Waals surface area (Å²) in [6.07, 6.45) is 1.85. The van der Waals surface area contributed by atoms with Gasteiger partial charge in [-0.25, -0.2) is 17.9 Å². The molecule has 27 heavy (non-hydrogen) atoms. The van der Waals surface area contributed by atoms with Gasteiger partial charge in [-0.2, -0.15) is 0 Å². The van der Waals surface area contributed by atoms with Gasteiger partial charge in [-0.3, -0.25) is 4.79 Å². The maximum Gasteiger partial charge on any atom is 0.333 e. The summed E-state index contributed by atoms with van der Waals surface area (Å²) in [6, 6.07) is 11.5. The van der Waals surface area contributed by atoms with Crippen molar-refractivity contribution in [2.45, 2.75) is 31.6 Å². The van der Waals surface area contributed by atoms with Gasteiger partial charge in [0.2, 0.25) is 0 Å². The van der Waals surface area contributed by atoms with Crippen molar-refractivity contribution in [1.82, 2.24) is 10.0 Å². The first-order valence-corrected chi connectivity index (χ1v) is 10.1. The van der Waals surface area contributed by atoms with Crippen LogP contribution >= 0.6 is 0 Å². The van der Waals surface area contributed by atoms with Crippen molar-refractivity contribution in [3.05, 3.63) is 59.7 Å². The van der Waals surface area contributed by atoms with Crippen LogP contribution in [0, 0.1) is 6.92 Å². The molecule has 0 unspecified atom stereocenters. The molecular formula is C19H23N3O4S. The molecule has 2 rings (SSSR count). The molecule has 0 saturated carbocycles. The van der Waals surface area contributed by atoms with Crippen LogP contribution in [-0.2, 0) is 10.0 Å². The third-order valence-electron chi connectivity index (χ3n) is 3.76. The molecule has 8 heteroatoms. The van der Waals surface area contributed by atoms with Crippen LogP contribution < -0.4 is 15.4 Å². The monoisotopic (exact) mass is 389 g/mol. The fourth-order valence-electron chi connectivity index (χ4n) is 2.27. The van der Waals surface area contributed by atoms with Crippen molar-refractivity contribution in [2.75, 3.05) is 11.9 Å². The minimum Gasteiger partial charge on any atom is -0.352 e. The zero-order valence-corrected chi connectivity index (χ0v) is 16.1. The Morgan fingerprint density at radius 3 is 2.41 bits per heavy atom. The Labute approximate surface area is 159 Å². The maximum atomic E-state index is 12.2. The minimum absolute atomic E-state index is 0.00713. The van der Waals surface area contributed by atoms with Crippen molar-refractivity contribution < 1.29 is 18.0 Å². The number of benzene rings is 2. The highest BCUT2D eigenvalue weighted by molar-refractivity contribution is 7.90. The highest BCUT2D eigenvalue weighted by atomic mass is 32.2. The first kappa shape index (κ1) is 20.4. The maximum absolute atomic E-state index is 12.2. The third kappa shape index (κ3) is 6.10. The van der Waals surface area contributed by atoms with Crippen molar-refractivity contribution in [2.24, 2.45) is 0 Å². The second-order valence-corrected chi connectivity index (χ2v) is 7.75. The lowest BCUT2D eigenvalue weighted by molar-refractivity contribution is 0.0953. The average Bonchev–Trinajstić information content (AvgIpc) is 2.62. The van der Waals surface area contributed by atoms with E-state index in [0.717, 1.165) is 18.4 Å². The molecular weight excluding hydrogens is 366 g/mol. The van der Waals surface area contributed by atoms with Crippen LogP contribution in [-0.4, -0.2) is 26.9 Å². The zero-order chi connectivity index (χ0) is 19.9. The molecule has 0 aliphatic rings. The van der Waals surface area contributed by atoms with Crippen molar-refractivity contribution in [3.8, 4) is 0 Å². The number of carbonyl (C=O) groups is 2. The third-order valence-corrected chi connectivity index (χ3v) is 5.10. The Morgan fingerprint density at radius 2 is 1.74 bits per heavy atom. The van der Waals surface area contributed by atoms with E-state index in [0.29, 0.717) is 17.8 Å². The number of sulfonamides is 1. The molecule has 0 heterocycles. The molecule has 2 aromatic rings. The molecule has 0 atom stereocenters. The molecule has 2 aromatic carbocycles. The van der Waals surface area contributed by atoms with Crippen LogP contribution in [0.4, 0.5) is 10.5 Å². The molecule has 0 aromatic heterocycles. The number of unbranched alkanes of at least 4 members (excludes halogenated alkanes) is 1. The Hall–Kier alpha value is -2.87. The van der Waals surface area contributed by atoms with Gasteiger partial charge in [0.15, 0.2) is 0 Å². The molecule has 7 nitrogen and oxygen atoms in total. The number of rotatable bonds is 7. The van der Waals surface area contributed by atoms with Gasteiger partial charge in [0.25, 0.3) is 15.9 Å². The van der Waals surface area contributed by atoms with Gasteiger partial charge in [0.05, 0.1) is 4.90 Å². The largest absolute Gasteiger partial charge is 0.352 e. The highest BCUT2D eigenvalue weighted by Crippen LogP contribution is 2.13. The first-order chi connectivity index (χ1) is 12.8. The van der Waals surface area contributed by atoms with Gasteiger partial charge in [-0.15, -0.1) is 0 Å². The Kier molecular flexibility index (Phi) is 6.95. The number of nitrogens with one attached hydrogen (secondary N) is 3. The number of carbonyl (C=O) groups excluding carboxylic acids is 2. The molecule has 0 spiro atoms. The lowest BCUT2D eigenvalue weighted by atomic mass is 10.2. The van der Waals surface area contributed by atoms with Crippen LogP contribution in [0.1, 0.15) is 35.7 Å². The summed E-state index contributed by atoms with van der Waals surface area (Å²) in [5.41, 5.74) is 1.60. The summed E-state index contributed by atoms with van der Waals surface area (Å²) in [5, 5.41) is 5.21. The van der Waals surface area contributed by atoms with E-state index < -0.39 is 16.1 Å². The normalized spacial score (nSPS) is 10.9. The van der Waals surface area contributed by atoms with E-state index >= 15 is 0 Å². The van der Waals surface area contributed by atoms with Gasteiger partial charge in [0, 0.05) is 17.8 Å². The van der Waals surface area contributed by atoms with Gasteiger partial charge in [-0.1, -0.05) is 37.1 Å². The van der Waals surface area contributed by atoms with E-state index in [2.05, 4.69) is 10.6 Å². The smallest absolute Gasteiger partial charge is 0.333 e. The SMILES string of the molecule is CCCCNC(=O)c1cccc(NC(=O)NS(=O)(=O)c2ccc(C)cc2)c1. The lowest BCUT2D eigenvalue weighted by Gasteiger charge is -2.10. The van der Waals surface area contributed by atoms with Crippen LogP contribution in [0.3, 0.4) is 0 Å². The number of urea groups is 1. The molecule has 0 bridgehead atoms. The average molecular weight is 389 g/mol. The summed E-state index contributed by atoms with van der Waals surface area (Å²) >= 11 is 0. The quantitative estimate of drug-likeness (QED) is 0.633. The Morgan fingerprint density at radius 1 is 1.04 bits per heavy atom. The molecule has 3 amide bonds. The minimum atomic E-state index is -3.98. The Bertz CT molecular complexity index is 909. The van der Waals surface area contributed by atoms with E-state index in [1.54, 1.807) is 30.3 Å². The van der Waals surface area contributed by atoms with Crippen LogP contribution in [0.15, 0.2) is 53.4 Å². The molecule has 0 aliphatic heterocycles. The summed E-state index contributed by atoms with van der Waals surface area (Å²) in [6.45, 7) is 4.43. The van der Waals surface area contributed by atoms with E-state index in [1.165, 1.54) is 18.2 Å². The summed E-state index contributed by atoms with van der Waals surface area (Å²) in [7, 11) is -3.98. The van der Waals surface area contributed by atoms with Gasteiger partial charge >= 0.3 is 6.03 Å². The number of amides is 3. The van der Waals surface area contributed by atoms with E-state index in [4.69, 9.17) is 0 Å². The molecule has 0 aliphatic carbocycles. The van der Waals surface area contributed by atoms with E-state index in [-0.39, 0.29) is 10.8 Å². The van der Waals surface area contributed by atoms with E-state index in [9.17, 15) is 18.0 Å². The lowest BCUT2D eigenvalue weighted by Crippen LogP contribution is -2.34. The van der Waals surface area contributed by atoms with Crippen LogP contribution in [0.5, 0.6) is 0 Å². The number of hydrogen-bond acceptors (Lipinski definition) is 4. The standard InChI is InChI=1S/C19H23N3O4S/c1-3-4-12-20-18(23)15-6-5-7-16(13-15)21-19(24)22-27(25,26)17-10-8-14(2)9-11-17/h5-11,13H,3-4,12H2,1-2H3,(H,20,23)(H2,21,22,24). The van der Waals surface area contributed by atoms with Gasteiger partial charge in [-0.05, 0) is 43.7 Å². The highest BCUT2D eigenvalue weighted by Gasteiger charge is 2.17. The first-order valence-electron chi connectivity index (χ1n) is 8.60. The van der Waals surface area contributed by atoms with Crippen molar-refractivity contribution in [3.63, 3.8) is 0 Å². The van der Waals surface area contributed by atoms with Crippen molar-refractivity contribution in [1.29, 1.82) is 0 Å². The fraction of sp³-hybridized carbons (Fsp3) is 0.263. The Balaban J connectivity index is 2.02. The second kappa shape index (κ2) is 9.18. The van der Waals surface area contributed by atoms with Gasteiger partial charge in [0.1, 0.15) is 0 Å². The molecule has 3 N–H and O–H groups in total. The second-order valence-electron chi connectivity index (χ2n) is 6.06. The number of hydrogen-bond donors (Lipinski definition) is 3.